The minimum Gasteiger partial charge on any atom is -0.392 e. The van der Waals surface area contributed by atoms with Crippen molar-refractivity contribution < 1.29 is 5.11 Å². The SMILES string of the molecule is CC(C)(C)CC(O)CNC1CC(C)(C)CC(C)(C)C1. The van der Waals surface area contributed by atoms with E-state index in [0.29, 0.717) is 16.9 Å². The fourth-order valence-corrected chi connectivity index (χ4v) is 4.07. The molecule has 2 heteroatoms. The highest BCUT2D eigenvalue weighted by atomic mass is 16.3. The molecule has 0 aromatic heterocycles. The lowest BCUT2D eigenvalue weighted by molar-refractivity contribution is 0.0686. The zero-order chi connectivity index (χ0) is 14.9. The molecular formula is C17H35NO. The summed E-state index contributed by atoms with van der Waals surface area (Å²) >= 11 is 0. The van der Waals surface area contributed by atoms with Crippen molar-refractivity contribution in [2.75, 3.05) is 6.54 Å². The molecule has 1 aliphatic rings. The van der Waals surface area contributed by atoms with Crippen molar-refractivity contribution in [3.8, 4) is 0 Å². The summed E-state index contributed by atoms with van der Waals surface area (Å²) in [5.74, 6) is 0. The Balaban J connectivity index is 2.44. The van der Waals surface area contributed by atoms with Crippen molar-refractivity contribution in [2.24, 2.45) is 16.2 Å². The van der Waals surface area contributed by atoms with Crippen LogP contribution in [0.2, 0.25) is 0 Å². The van der Waals surface area contributed by atoms with Crippen molar-refractivity contribution >= 4 is 0 Å². The molecule has 0 saturated heterocycles. The van der Waals surface area contributed by atoms with Crippen LogP contribution in [-0.4, -0.2) is 23.8 Å². The van der Waals surface area contributed by atoms with Crippen molar-refractivity contribution in [1.29, 1.82) is 0 Å². The van der Waals surface area contributed by atoms with Gasteiger partial charge in [0.15, 0.2) is 0 Å². The average molecular weight is 269 g/mol. The fraction of sp³-hybridized carbons (Fsp3) is 1.00. The molecule has 1 saturated carbocycles. The van der Waals surface area contributed by atoms with Gasteiger partial charge in [-0.3, -0.25) is 0 Å². The molecule has 0 radical (unpaired) electrons. The summed E-state index contributed by atoms with van der Waals surface area (Å²) in [6.07, 6.45) is 4.37. The number of aliphatic hydroxyl groups excluding tert-OH is 1. The van der Waals surface area contributed by atoms with Gasteiger partial charge in [-0.1, -0.05) is 48.5 Å². The molecule has 0 spiro atoms. The minimum atomic E-state index is -0.229. The number of rotatable bonds is 4. The lowest BCUT2D eigenvalue weighted by Gasteiger charge is -2.45. The highest BCUT2D eigenvalue weighted by molar-refractivity contribution is 4.92. The molecule has 0 aromatic carbocycles. The summed E-state index contributed by atoms with van der Waals surface area (Å²) in [6, 6.07) is 0.549. The first-order valence-corrected chi connectivity index (χ1v) is 7.80. The van der Waals surface area contributed by atoms with Gasteiger partial charge in [-0.05, 0) is 41.9 Å². The molecule has 0 aromatic rings. The van der Waals surface area contributed by atoms with Gasteiger partial charge in [0.1, 0.15) is 0 Å². The Morgan fingerprint density at radius 3 is 2.00 bits per heavy atom. The van der Waals surface area contributed by atoms with Gasteiger partial charge in [-0.15, -0.1) is 0 Å². The third kappa shape index (κ3) is 6.76. The van der Waals surface area contributed by atoms with Crippen LogP contribution < -0.4 is 5.32 Å². The second-order valence-corrected chi connectivity index (χ2v) is 9.44. The first-order valence-electron chi connectivity index (χ1n) is 7.80. The van der Waals surface area contributed by atoms with Crippen LogP contribution in [0.15, 0.2) is 0 Å². The maximum absolute atomic E-state index is 10.1. The van der Waals surface area contributed by atoms with E-state index in [4.69, 9.17) is 0 Å². The summed E-state index contributed by atoms with van der Waals surface area (Å²) in [6.45, 7) is 16.8. The number of hydrogen-bond donors (Lipinski definition) is 2. The molecule has 1 aliphatic carbocycles. The normalized spacial score (nSPS) is 25.3. The first-order chi connectivity index (χ1) is 8.39. The molecule has 1 fully saturated rings. The zero-order valence-electron chi connectivity index (χ0n) is 14.1. The third-order valence-electron chi connectivity index (χ3n) is 4.05. The fourth-order valence-electron chi connectivity index (χ4n) is 4.07. The predicted molar refractivity (Wildman–Crippen MR) is 83.3 cm³/mol. The molecular weight excluding hydrogens is 234 g/mol. The minimum absolute atomic E-state index is 0.201. The van der Waals surface area contributed by atoms with Crippen molar-refractivity contribution in [3.63, 3.8) is 0 Å². The lowest BCUT2D eigenvalue weighted by Crippen LogP contribution is -2.46. The van der Waals surface area contributed by atoms with Gasteiger partial charge in [0.25, 0.3) is 0 Å². The molecule has 2 N–H and O–H groups in total. The summed E-state index contributed by atoms with van der Waals surface area (Å²) in [4.78, 5) is 0. The molecule has 1 unspecified atom stereocenters. The van der Waals surface area contributed by atoms with Gasteiger partial charge >= 0.3 is 0 Å². The van der Waals surface area contributed by atoms with Crippen LogP contribution in [0.3, 0.4) is 0 Å². The summed E-state index contributed by atoms with van der Waals surface area (Å²) < 4.78 is 0. The van der Waals surface area contributed by atoms with Gasteiger partial charge in [-0.2, -0.15) is 0 Å². The summed E-state index contributed by atoms with van der Waals surface area (Å²) in [7, 11) is 0. The predicted octanol–water partition coefficient (Wildman–Crippen LogP) is 3.98. The molecule has 0 aliphatic heterocycles. The van der Waals surface area contributed by atoms with Crippen LogP contribution in [0.1, 0.15) is 74.1 Å². The van der Waals surface area contributed by atoms with E-state index in [1.165, 1.54) is 19.3 Å². The van der Waals surface area contributed by atoms with Crippen molar-refractivity contribution in [1.82, 2.24) is 5.32 Å². The van der Waals surface area contributed by atoms with Gasteiger partial charge in [0.05, 0.1) is 6.10 Å². The van der Waals surface area contributed by atoms with E-state index in [-0.39, 0.29) is 11.5 Å². The van der Waals surface area contributed by atoms with Crippen LogP contribution in [-0.2, 0) is 0 Å². The van der Waals surface area contributed by atoms with Crippen LogP contribution in [0, 0.1) is 16.2 Å². The van der Waals surface area contributed by atoms with Gasteiger partial charge in [0.2, 0.25) is 0 Å². The number of aliphatic hydroxyl groups is 1. The van der Waals surface area contributed by atoms with Gasteiger partial charge in [-0.25, -0.2) is 0 Å². The Morgan fingerprint density at radius 1 is 1.11 bits per heavy atom. The molecule has 2 nitrogen and oxygen atoms in total. The van der Waals surface area contributed by atoms with Crippen LogP contribution in [0.4, 0.5) is 0 Å². The number of nitrogens with one attached hydrogen (secondary N) is 1. The van der Waals surface area contributed by atoms with Crippen molar-refractivity contribution in [2.45, 2.75) is 86.3 Å². The lowest BCUT2D eigenvalue weighted by atomic mass is 9.63. The summed E-state index contributed by atoms with van der Waals surface area (Å²) in [5.41, 5.74) is 1.02. The quantitative estimate of drug-likeness (QED) is 0.809. The maximum atomic E-state index is 10.1. The van der Waals surface area contributed by atoms with Crippen LogP contribution >= 0.6 is 0 Å². The standard InChI is InChI=1S/C17H35NO/c1-15(2,3)10-14(19)11-18-13-8-16(4,5)12-17(6,7)9-13/h13-14,18-19H,8-12H2,1-7H3. The first kappa shape index (κ1) is 17.0. The second kappa shape index (κ2) is 5.73. The van der Waals surface area contributed by atoms with Gasteiger partial charge in [0, 0.05) is 12.6 Å². The van der Waals surface area contributed by atoms with Gasteiger partial charge < -0.3 is 10.4 Å². The topological polar surface area (TPSA) is 32.3 Å². The maximum Gasteiger partial charge on any atom is 0.0669 e. The van der Waals surface area contributed by atoms with E-state index < -0.39 is 0 Å². The summed E-state index contributed by atoms with van der Waals surface area (Å²) in [5, 5.41) is 13.7. The number of hydrogen-bond acceptors (Lipinski definition) is 2. The third-order valence-corrected chi connectivity index (χ3v) is 4.05. The average Bonchev–Trinajstić information content (AvgIpc) is 2.06. The van der Waals surface area contributed by atoms with E-state index in [2.05, 4.69) is 53.8 Å². The molecule has 0 amide bonds. The molecule has 1 rings (SSSR count). The highest BCUT2D eigenvalue weighted by Crippen LogP contribution is 2.45. The second-order valence-electron chi connectivity index (χ2n) is 9.44. The molecule has 114 valence electrons. The molecule has 0 heterocycles. The van der Waals surface area contributed by atoms with E-state index in [1.54, 1.807) is 0 Å². The Kier molecular flexibility index (Phi) is 5.12. The monoisotopic (exact) mass is 269 g/mol. The van der Waals surface area contributed by atoms with Crippen LogP contribution in [0.5, 0.6) is 0 Å². The Hall–Kier alpha value is -0.0800. The largest absolute Gasteiger partial charge is 0.392 e. The highest BCUT2D eigenvalue weighted by Gasteiger charge is 2.38. The van der Waals surface area contributed by atoms with E-state index in [1.807, 2.05) is 0 Å². The molecule has 19 heavy (non-hydrogen) atoms. The van der Waals surface area contributed by atoms with E-state index in [9.17, 15) is 5.11 Å². The molecule has 1 atom stereocenters. The van der Waals surface area contributed by atoms with Crippen LogP contribution in [0.25, 0.3) is 0 Å². The zero-order valence-corrected chi connectivity index (χ0v) is 14.1. The van der Waals surface area contributed by atoms with E-state index >= 15 is 0 Å². The Morgan fingerprint density at radius 2 is 1.58 bits per heavy atom. The Bertz CT molecular complexity index is 272. The van der Waals surface area contributed by atoms with E-state index in [0.717, 1.165) is 13.0 Å². The smallest absolute Gasteiger partial charge is 0.0669 e. The Labute approximate surface area is 120 Å². The van der Waals surface area contributed by atoms with Crippen molar-refractivity contribution in [3.05, 3.63) is 0 Å². The molecule has 0 bridgehead atoms.